The normalized spacial score (nSPS) is 8.60. The molecule has 0 aliphatic heterocycles. The number of hydrogen-bond donors (Lipinski definition) is 6. The van der Waals surface area contributed by atoms with Gasteiger partial charge in [-0.05, 0) is 20.8 Å². The highest BCUT2D eigenvalue weighted by Gasteiger charge is 2.06. The Morgan fingerprint density at radius 3 is 1.13 bits per heavy atom. The first-order valence-corrected chi connectivity index (χ1v) is 8.81. The summed E-state index contributed by atoms with van der Waals surface area (Å²) in [6.45, 7) is 9.11. The highest BCUT2D eigenvalue weighted by molar-refractivity contribution is 4.63. The van der Waals surface area contributed by atoms with Crippen molar-refractivity contribution in [2.45, 2.75) is 173 Å². The van der Waals surface area contributed by atoms with Gasteiger partial charge in [-0.2, -0.15) is 0 Å². The van der Waals surface area contributed by atoms with Crippen LogP contribution in [0.5, 0.6) is 0 Å². The first-order valence-electron chi connectivity index (χ1n) is 8.81. The van der Waals surface area contributed by atoms with Gasteiger partial charge in [0, 0.05) is 18.6 Å². The van der Waals surface area contributed by atoms with Crippen molar-refractivity contribution in [1.82, 2.24) is 10.6 Å². The number of hydrogen-bond acceptors (Lipinski definition) is 12. The summed E-state index contributed by atoms with van der Waals surface area (Å²) in [6.07, 6.45) is 0.154. The van der Waals surface area contributed by atoms with Gasteiger partial charge in [0.15, 0.2) is 0 Å². The minimum Gasteiger partial charge on any atom is -0.376 e. The average Bonchev–Trinajstić information content (AvgIpc) is 2.64. The summed E-state index contributed by atoms with van der Waals surface area (Å²) in [5, 5.41) is 6.05. The lowest BCUT2D eigenvalue weighted by atomic mass is 10.3. The van der Waals surface area contributed by atoms with Crippen molar-refractivity contribution in [2.24, 2.45) is 23.1 Å². The summed E-state index contributed by atoms with van der Waals surface area (Å²) < 4.78 is 24.7. The number of ether oxygens (including phenoxy) is 5. The Balaban J connectivity index is -0.0000000110. The lowest BCUT2D eigenvalue weighted by molar-refractivity contribution is -0.0849. The second-order valence-corrected chi connectivity index (χ2v) is 5.69. The van der Waals surface area contributed by atoms with E-state index in [1.165, 1.54) is 0 Å². The molecule has 0 saturated carbocycles. The van der Waals surface area contributed by atoms with Gasteiger partial charge in [-0.15, -0.1) is 0 Å². The molecule has 12 nitrogen and oxygen atoms in total. The van der Waals surface area contributed by atoms with Crippen LogP contribution in [0.2, 0.25) is 0 Å². The molecular weight excluding hydrogens is 576 g/mol. The summed E-state index contributed by atoms with van der Waals surface area (Å²) in [6, 6.07) is 0.323. The predicted octanol–water partition coefficient (Wildman–Crippen LogP) is 9.36. The smallest absolute Gasteiger partial charge is 0.150 e. The summed E-state index contributed by atoms with van der Waals surface area (Å²) in [7, 11) is 0. The molecule has 0 aromatic carbocycles. The molecule has 0 aromatic heterocycles. The SMILES string of the molecule is C.C.C.C.C.C.C.C.C.C.C.C.C.C.C.C.C.C.CC(N)COC(C)CNC(C)CON.NCOCOCNCOCOCN. The van der Waals surface area contributed by atoms with Crippen molar-refractivity contribution in [2.75, 3.05) is 60.3 Å². The van der Waals surface area contributed by atoms with Gasteiger partial charge in [-0.3, -0.25) is 5.32 Å². The Morgan fingerprint density at radius 2 is 0.867 bits per heavy atom. The van der Waals surface area contributed by atoms with Crippen molar-refractivity contribution in [3.8, 4) is 0 Å². The largest absolute Gasteiger partial charge is 0.376 e. The highest BCUT2D eigenvalue weighted by atomic mass is 16.7. The molecule has 0 radical (unpaired) electrons. The Hall–Kier alpha value is -0.480. The van der Waals surface area contributed by atoms with Crippen molar-refractivity contribution in [3.63, 3.8) is 0 Å². The van der Waals surface area contributed by atoms with Gasteiger partial charge >= 0.3 is 0 Å². The highest BCUT2D eigenvalue weighted by Crippen LogP contribution is 1.91. The molecule has 0 amide bonds. The first kappa shape index (κ1) is 140. The average molecular weight is 689 g/mol. The lowest BCUT2D eigenvalue weighted by Crippen LogP contribution is -2.38. The Bertz CT molecular complexity index is 282. The fraction of sp³-hybridized carbons (Fsp3) is 1.00. The topological polar surface area (TPSA) is 184 Å². The molecule has 0 aromatic rings. The van der Waals surface area contributed by atoms with E-state index in [0.717, 1.165) is 6.54 Å². The van der Waals surface area contributed by atoms with E-state index >= 15 is 0 Å². The summed E-state index contributed by atoms with van der Waals surface area (Å²) in [5.74, 6) is 4.95. The first-order chi connectivity index (χ1) is 13.0. The fourth-order valence-electron chi connectivity index (χ4n) is 1.43. The van der Waals surface area contributed by atoms with Crippen LogP contribution in [0.1, 0.15) is 154 Å². The number of nitrogens with one attached hydrogen (secondary N) is 2. The van der Waals surface area contributed by atoms with Crippen LogP contribution in [-0.2, 0) is 28.5 Å². The maximum absolute atomic E-state index is 5.56. The van der Waals surface area contributed by atoms with Crippen LogP contribution in [0.25, 0.3) is 0 Å². The van der Waals surface area contributed by atoms with Gasteiger partial charge in [-0.1, -0.05) is 134 Å². The zero-order valence-corrected chi connectivity index (χ0v) is 16.9. The van der Waals surface area contributed by atoms with Gasteiger partial charge in [0.2, 0.25) is 0 Å². The number of rotatable bonds is 18. The monoisotopic (exact) mass is 689 g/mol. The van der Waals surface area contributed by atoms with Crippen LogP contribution in [0.15, 0.2) is 0 Å². The third-order valence-corrected chi connectivity index (χ3v) is 2.72. The minimum atomic E-state index is 0. The Morgan fingerprint density at radius 1 is 0.533 bits per heavy atom. The van der Waals surface area contributed by atoms with Crippen LogP contribution < -0.4 is 33.7 Å². The summed E-state index contributed by atoms with van der Waals surface area (Å²) in [4.78, 5) is 4.51. The van der Waals surface area contributed by atoms with Crippen LogP contribution >= 0.6 is 0 Å². The molecule has 0 aliphatic rings. The van der Waals surface area contributed by atoms with Crippen molar-refractivity contribution >= 4 is 0 Å². The van der Waals surface area contributed by atoms with Crippen molar-refractivity contribution in [1.29, 1.82) is 0 Å². The molecule has 0 heterocycles. The maximum atomic E-state index is 5.56. The second kappa shape index (κ2) is 121. The molecule has 12 heteroatoms. The summed E-state index contributed by atoms with van der Waals surface area (Å²) in [5.41, 5.74) is 15.7. The Labute approximate surface area is 295 Å². The van der Waals surface area contributed by atoms with Crippen molar-refractivity contribution < 1.29 is 28.5 Å². The van der Waals surface area contributed by atoms with E-state index in [-0.39, 0.29) is 179 Å². The molecule has 0 saturated heterocycles. The van der Waals surface area contributed by atoms with Gasteiger partial charge < -0.3 is 51.0 Å². The van der Waals surface area contributed by atoms with Gasteiger partial charge in [0.1, 0.15) is 27.0 Å². The minimum absolute atomic E-state index is 0. The molecule has 3 atom stereocenters. The molecular formula is C33H112N6O6. The zero-order valence-electron chi connectivity index (χ0n) is 16.9. The van der Waals surface area contributed by atoms with Crippen LogP contribution in [0.3, 0.4) is 0 Å². The molecule has 310 valence electrons. The molecule has 0 spiro atoms. The van der Waals surface area contributed by atoms with E-state index in [1.807, 2.05) is 20.8 Å². The quantitative estimate of drug-likeness (QED) is 0.0456. The molecule has 45 heavy (non-hydrogen) atoms. The van der Waals surface area contributed by atoms with E-state index in [0.29, 0.717) is 26.7 Å². The molecule has 0 aliphatic carbocycles. The lowest BCUT2D eigenvalue weighted by Gasteiger charge is -2.18. The maximum Gasteiger partial charge on any atom is 0.150 e. The second-order valence-electron chi connectivity index (χ2n) is 5.69. The van der Waals surface area contributed by atoms with E-state index in [2.05, 4.69) is 15.5 Å². The van der Waals surface area contributed by atoms with Crippen LogP contribution in [0.4, 0.5) is 0 Å². The predicted molar refractivity (Wildman–Crippen MR) is 223 cm³/mol. The fourth-order valence-corrected chi connectivity index (χ4v) is 1.43. The molecule has 0 rings (SSSR count). The van der Waals surface area contributed by atoms with Gasteiger partial charge in [-0.25, -0.2) is 5.90 Å². The van der Waals surface area contributed by atoms with E-state index in [9.17, 15) is 0 Å². The molecule has 10 N–H and O–H groups in total. The standard InChI is InChI=1S/C9H23N3O2.C6H17N3O4.18CH4/c1-7(10)5-13-9(3)4-12-8(2)6-14-11;7-1-10-5-12-3-9-4-13-6-11-2-8;;;;;;;;;;;;;;;;;;/h7-9,12H,4-6,10-11H2,1-3H3;9H,1-8H2;18*1H4. The molecule has 0 fully saturated rings. The molecule has 0 bridgehead atoms. The van der Waals surface area contributed by atoms with Gasteiger partial charge in [0.25, 0.3) is 0 Å². The summed E-state index contributed by atoms with van der Waals surface area (Å²) >= 11 is 0. The van der Waals surface area contributed by atoms with E-state index in [4.69, 9.17) is 46.8 Å². The number of nitrogens with two attached hydrogens (primary N) is 4. The zero-order chi connectivity index (χ0) is 20.8. The van der Waals surface area contributed by atoms with Gasteiger partial charge in [0.05, 0.1) is 32.8 Å². The third kappa shape index (κ3) is 148. The van der Waals surface area contributed by atoms with E-state index in [1.54, 1.807) is 0 Å². The third-order valence-electron chi connectivity index (χ3n) is 2.72. The van der Waals surface area contributed by atoms with Crippen LogP contribution in [0, 0.1) is 0 Å². The molecule has 3 unspecified atom stereocenters. The van der Waals surface area contributed by atoms with Crippen molar-refractivity contribution in [3.05, 3.63) is 0 Å². The van der Waals surface area contributed by atoms with Crippen LogP contribution in [-0.4, -0.2) is 78.5 Å². The Kier molecular flexibility index (Phi) is 377. The van der Waals surface area contributed by atoms with E-state index < -0.39 is 0 Å².